The van der Waals surface area contributed by atoms with Crippen molar-refractivity contribution in [1.29, 1.82) is 5.41 Å². The molecule has 53 nitrogen and oxygen atoms in total. The summed E-state index contributed by atoms with van der Waals surface area (Å²) in [6.07, 6.45) is 9.42. The number of thiol groups is 1. The van der Waals surface area contributed by atoms with Crippen LogP contribution in [0.1, 0.15) is 130 Å². The van der Waals surface area contributed by atoms with E-state index in [0.29, 0.717) is 56.8 Å². The molecule has 1 rings (SSSR count). The second-order valence-electron chi connectivity index (χ2n) is 23.3. The Morgan fingerprint density at radius 1 is 0.457 bits per heavy atom. The van der Waals surface area contributed by atoms with Gasteiger partial charge in [0.1, 0.15) is 72.5 Å². The van der Waals surface area contributed by atoms with Crippen molar-refractivity contribution in [3.05, 3.63) is 18.2 Å². The van der Waals surface area contributed by atoms with E-state index in [4.69, 9.17) is 168 Å². The van der Waals surface area contributed by atoms with E-state index < -0.39 is 180 Å². The summed E-state index contributed by atoms with van der Waals surface area (Å²) < 4.78 is 0. The maximum absolute atomic E-state index is 10.3. The third-order valence-corrected chi connectivity index (χ3v) is 13.0. The second kappa shape index (κ2) is 85.5. The van der Waals surface area contributed by atoms with Crippen LogP contribution >= 0.6 is 24.4 Å². The Morgan fingerprint density at radius 3 is 1.03 bits per heavy atom. The topological polar surface area (TPSA) is 1100 Å². The number of aliphatic carboxylic acids is 15. The highest BCUT2D eigenvalue weighted by molar-refractivity contribution is 7.98. The lowest BCUT2D eigenvalue weighted by Crippen LogP contribution is -2.36. The molecule has 0 aromatic carbocycles. The van der Waals surface area contributed by atoms with Gasteiger partial charge in [-0.3, -0.25) is 86.9 Å². The molecule has 0 saturated carbocycles. The Balaban J connectivity index is -0.000000101. The van der Waals surface area contributed by atoms with E-state index in [-0.39, 0.29) is 62.7 Å². The first-order valence-electron chi connectivity index (χ1n) is 33.6. The number of amides is 2. The van der Waals surface area contributed by atoms with Crippen molar-refractivity contribution in [3.8, 4) is 0 Å². The molecule has 0 bridgehead atoms. The molecule has 13 atom stereocenters. The summed E-state index contributed by atoms with van der Waals surface area (Å²) in [6.45, 7) is 9.88. The fourth-order valence-electron chi connectivity index (χ4n) is 4.97. The number of H-pyrrole nitrogens is 1. The van der Waals surface area contributed by atoms with Crippen LogP contribution in [0, 0.1) is 17.2 Å². The number of carbonyl (C=O) groups is 17. The van der Waals surface area contributed by atoms with Gasteiger partial charge in [-0.05, 0) is 88.7 Å². The molecule has 116 heavy (non-hydrogen) atoms. The van der Waals surface area contributed by atoms with Crippen LogP contribution < -0.4 is 103 Å². The van der Waals surface area contributed by atoms with E-state index in [1.54, 1.807) is 18.0 Å². The number of hydrogen-bond donors (Lipinski definition) is 36. The summed E-state index contributed by atoms with van der Waals surface area (Å²) in [4.78, 5) is 176. The number of aromatic amines is 1. The average Bonchev–Trinajstić information content (AvgIpc) is 1.82. The zero-order valence-corrected chi connectivity index (χ0v) is 66.9. The van der Waals surface area contributed by atoms with Gasteiger partial charge >= 0.3 is 89.5 Å². The molecule has 0 fully saturated rings. The number of primary amides is 2. The number of guanidine groups is 1. The molecule has 55 heteroatoms. The van der Waals surface area contributed by atoms with Crippen LogP contribution in [0.2, 0.25) is 0 Å². The van der Waals surface area contributed by atoms with Gasteiger partial charge in [0.05, 0.1) is 31.4 Å². The summed E-state index contributed by atoms with van der Waals surface area (Å²) in [5, 5.41) is 131. The van der Waals surface area contributed by atoms with Crippen molar-refractivity contribution in [1.82, 2.24) is 15.3 Å². The number of carbonyl (C=O) groups excluding carboxylic acids is 2. The number of unbranched alkanes of at least 4 members (excludes halogenated alkanes) is 1. The predicted octanol–water partition coefficient (Wildman–Crippen LogP) is -8.56. The van der Waals surface area contributed by atoms with Gasteiger partial charge in [0, 0.05) is 37.8 Å². The summed E-state index contributed by atoms with van der Waals surface area (Å²) in [7, 11) is 0. The lowest BCUT2D eigenvalue weighted by Gasteiger charge is -2.11. The first kappa shape index (κ1) is 132. The molecule has 0 spiro atoms. The molecule has 0 saturated heterocycles. The van der Waals surface area contributed by atoms with Crippen LogP contribution in [-0.2, 0) is 87.9 Å². The van der Waals surface area contributed by atoms with Gasteiger partial charge in [-0.25, -0.2) is 4.98 Å². The maximum Gasteiger partial charge on any atom is 0.321 e. The zero-order valence-electron chi connectivity index (χ0n) is 65.1. The van der Waals surface area contributed by atoms with Gasteiger partial charge in [-0.15, -0.1) is 0 Å². The second-order valence-corrected chi connectivity index (χ2v) is 24.6. The summed E-state index contributed by atoms with van der Waals surface area (Å²) >= 11 is 5.25. The van der Waals surface area contributed by atoms with Crippen molar-refractivity contribution in [2.24, 2.45) is 109 Å². The smallest absolute Gasteiger partial charge is 0.321 e. The standard InChI is InChI=1S/C6H14N4O2.C6H9N3O2.C6H14N2O2.2C6H13NO2.C5H10N2O3.C5H9NO4.C5H11NO2S.C4H8N2O3.C4H7NO4.C3H7NO2S.C3H7NO2.C2H5NO2/c7-4(5(11)12)2-1-3-10-6(8)9;7-5(6(10)11)1-4-2-8-3-9-4;7-4-2-1-3-5(8)6(9)10;1-4(2)3-5(7)6(8)9;1-3-4(2)5(7)6(8)9;2*6-3(5(9)10)1-2-4(7)8;1-9-3-2-4(6)5(7)8;2*5-2(4(8)9)1-3(6)7;4-2(1-7)3(5)6;1-2(4)3(5)6;3-1-2(4)5/h4H,1-3,7H2,(H,11,12)(H4,8,9,10);2-3,5H,1,7H2,(H,8,9)(H,10,11);5H,1-4,7-8H2,(H,9,10);2*4-5H,3,7H2,1-2H3,(H,8,9);3H,1-2,6H2,(H2,7,8)(H,9,10);3H,1-2,6H2,(H,7,8)(H,9,10);4H,2-3,6H2,1H3,(H,7,8);2H,1,5H2,(H2,6,7)(H,8,9);2H,1,5H2,(H,6,7)(H,8,9);2,7H,1,4H2,(H,5,6);2H,4H2,1H3,(H,5,6);1,3H2,(H,4,5)/t4-;3*5-;4-,5-;2*3-;4-;4*2-;/m000000000000./s1. The molecule has 0 aliphatic carbocycles. The first-order valence-corrected chi connectivity index (χ1v) is 35.6. The fourth-order valence-corrected chi connectivity index (χ4v) is 5.62. The van der Waals surface area contributed by atoms with Gasteiger partial charge in [0.25, 0.3) is 0 Å². The fraction of sp³-hybridized carbons (Fsp3) is 0.656. The molecule has 2 amide bonds. The minimum atomic E-state index is -1.29. The molecular formula is C61H127N21O32S2. The van der Waals surface area contributed by atoms with Crippen LogP contribution in [0.5, 0.6) is 0 Å². The van der Waals surface area contributed by atoms with Crippen LogP contribution in [0.4, 0.5) is 0 Å². The third-order valence-electron chi connectivity index (χ3n) is 12.0. The number of hydrogen-bond acceptors (Lipinski definition) is 35. The van der Waals surface area contributed by atoms with E-state index >= 15 is 0 Å². The van der Waals surface area contributed by atoms with Crippen molar-refractivity contribution in [2.45, 2.75) is 203 Å². The number of imidazole rings is 1. The lowest BCUT2D eigenvalue weighted by atomic mass is 10.0. The SMILES string of the molecule is CC(C)C[C@H](N)C(=O)O.CC[C@H](C)[C@H](N)C(=O)O.CSCC[C@H](N)C(=O)O.C[C@H](N)C(=O)O.N=C(N)NCCC[C@H](N)C(=O)O.NC(=O)CC[C@H](N)C(=O)O.NC(=O)C[C@H](N)C(=O)O.NCC(=O)O.NCCCC[C@H](N)C(=O)O.N[C@@H](CC(=O)O)C(=O)O.N[C@@H](CCC(=O)O)C(=O)O.N[C@@H](CS)C(=O)O.N[C@@H](Cc1c[nH]cn1)C(=O)O. The van der Waals surface area contributed by atoms with Crippen molar-refractivity contribution in [3.63, 3.8) is 0 Å². The van der Waals surface area contributed by atoms with Gasteiger partial charge < -0.3 is 184 Å². The van der Waals surface area contributed by atoms with Crippen LogP contribution in [0.15, 0.2) is 12.5 Å². The van der Waals surface area contributed by atoms with Crippen LogP contribution in [-0.4, -0.2) is 304 Å². The minimum Gasteiger partial charge on any atom is -0.481 e. The molecule has 52 N–H and O–H groups in total. The van der Waals surface area contributed by atoms with Gasteiger partial charge in [-0.1, -0.05) is 40.5 Å². The monoisotopic (exact) mass is 1730 g/mol. The van der Waals surface area contributed by atoms with E-state index in [9.17, 15) is 81.5 Å². The third kappa shape index (κ3) is 117. The molecule has 680 valence electrons. The number of carboxylic acids is 15. The molecule has 0 aliphatic rings. The van der Waals surface area contributed by atoms with Gasteiger partial charge in [-0.2, -0.15) is 24.4 Å². The number of thioether (sulfide) groups is 1. The number of aromatic nitrogens is 2. The van der Waals surface area contributed by atoms with Crippen molar-refractivity contribution < 1.29 is 158 Å². The van der Waals surface area contributed by atoms with E-state index in [2.05, 4.69) is 39.4 Å². The molecule has 1 aromatic heterocycles. The van der Waals surface area contributed by atoms with Crippen molar-refractivity contribution >= 4 is 132 Å². The van der Waals surface area contributed by atoms with Crippen LogP contribution in [0.25, 0.3) is 0 Å². The molecule has 0 aliphatic heterocycles. The summed E-state index contributed by atoms with van der Waals surface area (Å²) in [5.41, 5.74) is 85.8. The number of rotatable bonds is 41. The van der Waals surface area contributed by atoms with E-state index in [1.807, 2.05) is 34.0 Å². The highest BCUT2D eigenvalue weighted by atomic mass is 32.2. The molecule has 1 heterocycles. The average molecular weight is 1730 g/mol. The Kier molecular flexibility index (Phi) is 97.2. The number of nitrogens with one attached hydrogen (secondary N) is 3. The van der Waals surface area contributed by atoms with E-state index in [1.165, 1.54) is 13.3 Å². The Hall–Kier alpha value is -10.4. The largest absolute Gasteiger partial charge is 0.481 e. The molecular weight excluding hydrogens is 1600 g/mol. The zero-order chi connectivity index (χ0) is 94.4. The number of nitrogens with two attached hydrogens (primary N) is 17. The highest BCUT2D eigenvalue weighted by Gasteiger charge is 2.20. The summed E-state index contributed by atoms with van der Waals surface area (Å²) in [5.74, 6) is -15.5. The lowest BCUT2D eigenvalue weighted by molar-refractivity contribution is -0.144. The van der Waals surface area contributed by atoms with Crippen molar-refractivity contribution in [2.75, 3.05) is 37.4 Å². The predicted molar refractivity (Wildman–Crippen MR) is 421 cm³/mol. The molecule has 0 radical (unpaired) electrons. The highest BCUT2D eigenvalue weighted by Crippen LogP contribution is 2.05. The van der Waals surface area contributed by atoms with Gasteiger partial charge in [0.2, 0.25) is 11.8 Å². The first-order chi connectivity index (χ1) is 53.0. The quantitative estimate of drug-likeness (QED) is 0.0125. The van der Waals surface area contributed by atoms with Crippen LogP contribution in [0.3, 0.4) is 0 Å². The Bertz CT molecular complexity index is 2850. The minimum absolute atomic E-state index is 0.0213. The van der Waals surface area contributed by atoms with E-state index in [0.717, 1.165) is 25.0 Å². The molecule has 1 aromatic rings. The Labute approximate surface area is 676 Å². The maximum atomic E-state index is 10.3. The number of nitrogens with zero attached hydrogens (tertiary/aromatic N) is 1. The normalized spacial score (nSPS) is 12.9. The molecule has 0 unspecified atom stereocenters. The summed E-state index contributed by atoms with van der Waals surface area (Å²) in [6, 6.07) is -10.5. The van der Waals surface area contributed by atoms with Gasteiger partial charge in [0.15, 0.2) is 5.96 Å². The number of carboxylic acid groups (broad SMARTS) is 15. The Morgan fingerprint density at radius 2 is 0.810 bits per heavy atom.